The highest BCUT2D eigenvalue weighted by Gasteiger charge is 2.48. The number of ether oxygens (including phenoxy) is 3. The number of aliphatic hydroxyl groups is 1. The smallest absolute Gasteiger partial charge is 0.301 e. The van der Waals surface area contributed by atoms with E-state index in [0.717, 1.165) is 40.9 Å². The Kier molecular flexibility index (Phi) is 12.1. The molecule has 1 N–H and O–H groups in total. The predicted octanol–water partition coefficient (Wildman–Crippen LogP) is 9.84. The third-order valence-corrected chi connectivity index (χ3v) is 11.1. The molecule has 0 saturated carbocycles. The summed E-state index contributed by atoms with van der Waals surface area (Å²) in [5, 5.41) is 21.6. The average molecular weight is 777 g/mol. The lowest BCUT2D eigenvalue weighted by molar-refractivity contribution is -0.132. The van der Waals surface area contributed by atoms with E-state index in [0.29, 0.717) is 61.7 Å². The monoisotopic (exact) mass is 775 g/mol. The van der Waals surface area contributed by atoms with Gasteiger partial charge in [0.15, 0.2) is 15.8 Å². The molecule has 1 fully saturated rings. The van der Waals surface area contributed by atoms with Gasteiger partial charge >= 0.3 is 5.91 Å². The Hall–Kier alpha value is -4.55. The lowest BCUT2D eigenvalue weighted by Crippen LogP contribution is -2.29. The van der Waals surface area contributed by atoms with Crippen molar-refractivity contribution >= 4 is 68.9 Å². The standard InChI is InChI=1S/C39H35Cl2N3O6S2/c1-4-5-18-49-31-17-13-25(19-32(31)48-3)34-33(35(45)24-11-15-29(16-12-24)50-21-26-9-7-6-8-23(26)2)36(46)37(47)44(34)38-42-43-39(52-38)51-22-27-10-14-28(40)20-30(27)41/h6-17,19-20,34,45H,4-5,18,21-22H2,1-3H3. The number of thioether (sulfide) groups is 1. The number of hydrogen-bond acceptors (Lipinski definition) is 10. The molecule has 1 aliphatic heterocycles. The Balaban J connectivity index is 1.34. The zero-order valence-corrected chi connectivity index (χ0v) is 31.7. The van der Waals surface area contributed by atoms with Gasteiger partial charge in [-0.2, -0.15) is 0 Å². The average Bonchev–Trinajstić information content (AvgIpc) is 3.72. The van der Waals surface area contributed by atoms with Gasteiger partial charge in [-0.05, 0) is 84.1 Å². The van der Waals surface area contributed by atoms with Crippen molar-refractivity contribution in [3.8, 4) is 17.2 Å². The molecule has 6 rings (SSSR count). The number of rotatable bonds is 14. The van der Waals surface area contributed by atoms with Crippen LogP contribution in [-0.4, -0.2) is 40.7 Å². The van der Waals surface area contributed by atoms with Crippen molar-refractivity contribution in [1.82, 2.24) is 10.2 Å². The summed E-state index contributed by atoms with van der Waals surface area (Å²) in [6, 6.07) is 24.1. The lowest BCUT2D eigenvalue weighted by atomic mass is 9.95. The number of anilines is 1. The van der Waals surface area contributed by atoms with Crippen LogP contribution in [0.4, 0.5) is 5.13 Å². The van der Waals surface area contributed by atoms with Crippen LogP contribution < -0.4 is 19.1 Å². The third-order valence-electron chi connectivity index (χ3n) is 8.45. The van der Waals surface area contributed by atoms with E-state index in [1.807, 2.05) is 37.3 Å². The molecule has 2 heterocycles. The number of aromatic nitrogens is 2. The van der Waals surface area contributed by atoms with Crippen LogP contribution in [0.2, 0.25) is 10.0 Å². The van der Waals surface area contributed by atoms with E-state index in [2.05, 4.69) is 17.1 Å². The summed E-state index contributed by atoms with van der Waals surface area (Å²) in [4.78, 5) is 29.0. The minimum Gasteiger partial charge on any atom is -0.507 e. The number of aryl methyl sites for hydroxylation is 1. The van der Waals surface area contributed by atoms with Crippen LogP contribution in [0.25, 0.3) is 5.76 Å². The molecule has 4 aromatic carbocycles. The van der Waals surface area contributed by atoms with Crippen molar-refractivity contribution < 1.29 is 28.9 Å². The number of carbonyl (C=O) groups is 2. The zero-order chi connectivity index (χ0) is 36.8. The number of methoxy groups -OCH3 is 1. The molecule has 268 valence electrons. The van der Waals surface area contributed by atoms with E-state index in [1.165, 1.54) is 23.8 Å². The first-order chi connectivity index (χ1) is 25.2. The molecule has 52 heavy (non-hydrogen) atoms. The molecule has 1 saturated heterocycles. The minimum absolute atomic E-state index is 0.0994. The number of aliphatic hydroxyl groups excluding tert-OH is 1. The Morgan fingerprint density at radius 1 is 0.942 bits per heavy atom. The fourth-order valence-electron chi connectivity index (χ4n) is 5.58. The second-order valence-electron chi connectivity index (χ2n) is 11.9. The predicted molar refractivity (Wildman–Crippen MR) is 206 cm³/mol. The quantitative estimate of drug-likeness (QED) is 0.0294. The molecule has 0 radical (unpaired) electrons. The Morgan fingerprint density at radius 3 is 2.46 bits per heavy atom. The first-order valence-electron chi connectivity index (χ1n) is 16.5. The topological polar surface area (TPSA) is 111 Å². The largest absolute Gasteiger partial charge is 0.507 e. The number of halogens is 2. The molecule has 1 amide bonds. The van der Waals surface area contributed by atoms with E-state index >= 15 is 0 Å². The van der Waals surface area contributed by atoms with Crippen molar-refractivity contribution in [2.75, 3.05) is 18.6 Å². The van der Waals surface area contributed by atoms with Crippen molar-refractivity contribution in [1.29, 1.82) is 0 Å². The highest BCUT2D eigenvalue weighted by molar-refractivity contribution is 8.00. The Bertz CT molecular complexity index is 2120. The van der Waals surface area contributed by atoms with Crippen LogP contribution >= 0.6 is 46.3 Å². The summed E-state index contributed by atoms with van der Waals surface area (Å²) in [6.07, 6.45) is 1.83. The number of unbranched alkanes of at least 4 members (excludes halogenated alkanes) is 1. The van der Waals surface area contributed by atoms with E-state index in [-0.39, 0.29) is 16.5 Å². The van der Waals surface area contributed by atoms with E-state index < -0.39 is 17.7 Å². The summed E-state index contributed by atoms with van der Waals surface area (Å²) < 4.78 is 18.2. The third kappa shape index (κ3) is 8.23. The van der Waals surface area contributed by atoms with Gasteiger partial charge in [-0.1, -0.05) is 96.0 Å². The molecule has 13 heteroatoms. The second kappa shape index (κ2) is 16.9. The maximum atomic E-state index is 13.9. The van der Waals surface area contributed by atoms with Crippen molar-refractivity contribution in [3.05, 3.63) is 128 Å². The molecule has 1 aromatic heterocycles. The first-order valence-corrected chi connectivity index (χ1v) is 19.0. The fourth-order valence-corrected chi connectivity index (χ4v) is 8.01. The molecule has 5 aromatic rings. The van der Waals surface area contributed by atoms with Gasteiger partial charge in [0, 0.05) is 21.4 Å². The van der Waals surface area contributed by atoms with Crippen LogP contribution in [0.15, 0.2) is 94.8 Å². The minimum atomic E-state index is -1.05. The van der Waals surface area contributed by atoms with Gasteiger partial charge in [0.2, 0.25) is 5.13 Å². The van der Waals surface area contributed by atoms with Crippen LogP contribution in [0.1, 0.15) is 53.6 Å². The molecule has 0 bridgehead atoms. The fraction of sp³-hybridized carbons (Fsp3) is 0.231. The molecule has 1 aliphatic rings. The molecule has 0 spiro atoms. The summed E-state index contributed by atoms with van der Waals surface area (Å²) in [5.41, 5.74) is 3.78. The van der Waals surface area contributed by atoms with Gasteiger partial charge in [0.25, 0.3) is 5.78 Å². The van der Waals surface area contributed by atoms with Gasteiger partial charge in [-0.25, -0.2) is 0 Å². The molecule has 9 nitrogen and oxygen atoms in total. The first kappa shape index (κ1) is 37.2. The van der Waals surface area contributed by atoms with Gasteiger partial charge in [0.05, 0.1) is 25.3 Å². The van der Waals surface area contributed by atoms with Crippen LogP contribution in [0.5, 0.6) is 17.2 Å². The maximum Gasteiger partial charge on any atom is 0.301 e. The summed E-state index contributed by atoms with van der Waals surface area (Å²) in [5.74, 6) is -0.0404. The van der Waals surface area contributed by atoms with Crippen molar-refractivity contribution in [2.24, 2.45) is 0 Å². The molecule has 1 atom stereocenters. The Morgan fingerprint density at radius 2 is 1.73 bits per heavy atom. The van der Waals surface area contributed by atoms with Crippen molar-refractivity contribution in [3.63, 3.8) is 0 Å². The van der Waals surface area contributed by atoms with Gasteiger partial charge in [0.1, 0.15) is 18.1 Å². The van der Waals surface area contributed by atoms with Gasteiger partial charge < -0.3 is 19.3 Å². The lowest BCUT2D eigenvalue weighted by Gasteiger charge is -2.23. The SMILES string of the molecule is CCCCOc1ccc(C2C(=C(O)c3ccc(OCc4ccccc4C)cc3)C(=O)C(=O)N2c2nnc(SCc3ccc(Cl)cc3Cl)s2)cc1OC. The summed E-state index contributed by atoms with van der Waals surface area (Å²) >= 11 is 15.0. The summed E-state index contributed by atoms with van der Waals surface area (Å²) in [7, 11) is 1.52. The maximum absolute atomic E-state index is 13.9. The highest BCUT2D eigenvalue weighted by Crippen LogP contribution is 2.46. The van der Waals surface area contributed by atoms with Crippen LogP contribution in [0, 0.1) is 6.92 Å². The number of hydrogen-bond donors (Lipinski definition) is 1. The van der Waals surface area contributed by atoms with Crippen LogP contribution in [0.3, 0.4) is 0 Å². The molecule has 0 aliphatic carbocycles. The number of amides is 1. The highest BCUT2D eigenvalue weighted by atomic mass is 35.5. The van der Waals surface area contributed by atoms with E-state index in [4.69, 9.17) is 37.4 Å². The number of carbonyl (C=O) groups excluding carboxylic acids is 2. The van der Waals surface area contributed by atoms with E-state index in [1.54, 1.807) is 54.6 Å². The van der Waals surface area contributed by atoms with Crippen LogP contribution in [-0.2, 0) is 21.9 Å². The molecular weight excluding hydrogens is 741 g/mol. The van der Waals surface area contributed by atoms with E-state index in [9.17, 15) is 14.7 Å². The Labute approximate surface area is 320 Å². The number of nitrogens with zero attached hydrogens (tertiary/aromatic N) is 3. The van der Waals surface area contributed by atoms with Gasteiger partial charge in [-0.15, -0.1) is 10.2 Å². The van der Waals surface area contributed by atoms with Crippen molar-refractivity contribution in [2.45, 2.75) is 49.4 Å². The number of benzene rings is 4. The second-order valence-corrected chi connectivity index (χ2v) is 14.9. The molecular formula is C39H35Cl2N3O6S2. The normalized spacial score (nSPS) is 15.2. The molecule has 1 unspecified atom stereocenters. The summed E-state index contributed by atoms with van der Waals surface area (Å²) in [6.45, 7) is 4.97. The van der Waals surface area contributed by atoms with Gasteiger partial charge in [-0.3, -0.25) is 14.5 Å². The number of Topliss-reactive ketones (excluding diaryl/α,β-unsaturated/α-hetero) is 1. The number of ketones is 1. The zero-order valence-electron chi connectivity index (χ0n) is 28.6.